The van der Waals surface area contributed by atoms with E-state index in [-0.39, 0.29) is 18.4 Å². The molecule has 2 unspecified atom stereocenters. The molecule has 3 aromatic rings. The maximum Gasteiger partial charge on any atom is 0.408 e. The number of carbonyl (C=O) groups is 3. The third-order valence-corrected chi connectivity index (χ3v) is 6.56. The number of ether oxygens (including phenoxy) is 1. The molecule has 3 amide bonds. The molecule has 2 N–H and O–H groups in total. The molecule has 0 radical (unpaired) electrons. The van der Waals surface area contributed by atoms with Crippen molar-refractivity contribution in [2.75, 3.05) is 23.9 Å². The molecular formula is C30H37N3O4S. The van der Waals surface area contributed by atoms with E-state index >= 15 is 0 Å². The highest BCUT2D eigenvalue weighted by molar-refractivity contribution is 7.98. The lowest BCUT2D eigenvalue weighted by Gasteiger charge is -2.33. The van der Waals surface area contributed by atoms with Crippen LogP contribution in [0.5, 0.6) is 0 Å². The Morgan fingerprint density at radius 1 is 0.947 bits per heavy atom. The molecule has 0 aliphatic carbocycles. The number of hydrogen-bond donors (Lipinski definition) is 2. The number of amides is 3. The van der Waals surface area contributed by atoms with Crippen molar-refractivity contribution in [1.29, 1.82) is 0 Å². The summed E-state index contributed by atoms with van der Waals surface area (Å²) in [5.74, 6) is -0.0132. The molecule has 38 heavy (non-hydrogen) atoms. The predicted octanol–water partition coefficient (Wildman–Crippen LogP) is 6.01. The van der Waals surface area contributed by atoms with Crippen molar-refractivity contribution in [1.82, 2.24) is 10.2 Å². The van der Waals surface area contributed by atoms with Crippen molar-refractivity contribution in [2.45, 2.75) is 51.8 Å². The van der Waals surface area contributed by atoms with E-state index in [2.05, 4.69) is 10.6 Å². The molecule has 7 nitrogen and oxygen atoms in total. The topological polar surface area (TPSA) is 87.7 Å². The number of alkyl carbamates (subject to hydrolysis) is 1. The highest BCUT2D eigenvalue weighted by atomic mass is 32.2. The molecule has 0 bridgehead atoms. The Balaban J connectivity index is 1.91. The number of hydrogen-bond acceptors (Lipinski definition) is 5. The number of likely N-dealkylation sites (N-methyl/N-ethyl adjacent to an activating group) is 1. The SMILES string of the molecule is CCN(C(=O)C(CCSC)NC(=O)OC(C)(C)C)C(C(=O)Nc1ccc2ccccc2c1)c1ccccc1. The summed E-state index contributed by atoms with van der Waals surface area (Å²) in [7, 11) is 0. The normalized spacial score (nSPS) is 12.9. The van der Waals surface area contributed by atoms with Gasteiger partial charge in [-0.2, -0.15) is 11.8 Å². The summed E-state index contributed by atoms with van der Waals surface area (Å²) in [6, 6.07) is 21.1. The van der Waals surface area contributed by atoms with Gasteiger partial charge in [0.05, 0.1) is 0 Å². The first-order valence-corrected chi connectivity index (χ1v) is 14.2. The highest BCUT2D eigenvalue weighted by Gasteiger charge is 2.35. The van der Waals surface area contributed by atoms with Gasteiger partial charge in [0, 0.05) is 12.2 Å². The second-order valence-corrected chi connectivity index (χ2v) is 11.0. The first-order valence-electron chi connectivity index (χ1n) is 12.8. The Kier molecular flexibility index (Phi) is 10.2. The van der Waals surface area contributed by atoms with E-state index in [9.17, 15) is 14.4 Å². The number of thioether (sulfide) groups is 1. The number of benzene rings is 3. The van der Waals surface area contributed by atoms with Crippen LogP contribution in [0, 0.1) is 0 Å². The number of nitrogens with one attached hydrogen (secondary N) is 2. The fourth-order valence-corrected chi connectivity index (χ4v) is 4.67. The van der Waals surface area contributed by atoms with Crippen LogP contribution in [0.1, 0.15) is 45.7 Å². The minimum atomic E-state index is -0.891. The molecule has 8 heteroatoms. The Morgan fingerprint density at radius 2 is 1.61 bits per heavy atom. The van der Waals surface area contributed by atoms with Gasteiger partial charge in [-0.05, 0) is 74.6 Å². The van der Waals surface area contributed by atoms with Crippen LogP contribution in [0.2, 0.25) is 0 Å². The van der Waals surface area contributed by atoms with Crippen LogP contribution in [-0.4, -0.2) is 53.0 Å². The molecule has 202 valence electrons. The van der Waals surface area contributed by atoms with E-state index in [1.54, 1.807) is 32.5 Å². The molecule has 3 aromatic carbocycles. The van der Waals surface area contributed by atoms with Crippen LogP contribution in [0.3, 0.4) is 0 Å². The first-order chi connectivity index (χ1) is 18.1. The molecule has 0 aliphatic heterocycles. The molecular weight excluding hydrogens is 498 g/mol. The quantitative estimate of drug-likeness (QED) is 0.332. The van der Waals surface area contributed by atoms with Gasteiger partial charge < -0.3 is 20.3 Å². The van der Waals surface area contributed by atoms with Gasteiger partial charge in [-0.25, -0.2) is 4.79 Å². The second-order valence-electron chi connectivity index (χ2n) is 9.97. The van der Waals surface area contributed by atoms with Gasteiger partial charge in [0.15, 0.2) is 0 Å². The molecule has 3 rings (SSSR count). The summed E-state index contributed by atoms with van der Waals surface area (Å²) in [5, 5.41) is 7.82. The fraction of sp³-hybridized carbons (Fsp3) is 0.367. The summed E-state index contributed by atoms with van der Waals surface area (Å²) in [6.45, 7) is 7.41. The van der Waals surface area contributed by atoms with Gasteiger partial charge in [-0.3, -0.25) is 9.59 Å². The van der Waals surface area contributed by atoms with E-state index in [1.165, 1.54) is 4.90 Å². The van der Waals surface area contributed by atoms with Crippen molar-refractivity contribution in [2.24, 2.45) is 0 Å². The van der Waals surface area contributed by atoms with E-state index in [0.717, 1.165) is 10.8 Å². The number of anilines is 1. The Hall–Kier alpha value is -3.52. The summed E-state index contributed by atoms with van der Waals surface area (Å²) in [5.41, 5.74) is 0.624. The van der Waals surface area contributed by atoms with Crippen molar-refractivity contribution in [3.05, 3.63) is 78.4 Å². The Morgan fingerprint density at radius 3 is 2.24 bits per heavy atom. The molecule has 0 heterocycles. The van der Waals surface area contributed by atoms with E-state index in [4.69, 9.17) is 4.74 Å². The Bertz CT molecular complexity index is 1240. The Labute approximate surface area is 229 Å². The van der Waals surface area contributed by atoms with Crippen molar-refractivity contribution >= 4 is 46.1 Å². The molecule has 2 atom stereocenters. The van der Waals surface area contributed by atoms with Crippen LogP contribution >= 0.6 is 11.8 Å². The number of rotatable bonds is 10. The summed E-state index contributed by atoms with van der Waals surface area (Å²) < 4.78 is 5.41. The molecule has 0 aliphatic rings. The zero-order chi connectivity index (χ0) is 27.7. The van der Waals surface area contributed by atoms with Crippen molar-refractivity contribution < 1.29 is 19.1 Å². The lowest BCUT2D eigenvalue weighted by atomic mass is 10.0. The number of fused-ring (bicyclic) bond motifs is 1. The minimum absolute atomic E-state index is 0.273. The molecule has 0 aromatic heterocycles. The van der Waals surface area contributed by atoms with Crippen LogP contribution in [0.15, 0.2) is 72.8 Å². The van der Waals surface area contributed by atoms with E-state index in [0.29, 0.717) is 23.4 Å². The van der Waals surface area contributed by atoms with Gasteiger partial charge >= 0.3 is 6.09 Å². The van der Waals surface area contributed by atoms with Crippen LogP contribution < -0.4 is 10.6 Å². The molecule has 0 saturated heterocycles. The third-order valence-electron chi connectivity index (χ3n) is 5.92. The van der Waals surface area contributed by atoms with Crippen molar-refractivity contribution in [3.63, 3.8) is 0 Å². The maximum atomic E-state index is 13.9. The minimum Gasteiger partial charge on any atom is -0.444 e. The predicted molar refractivity (Wildman–Crippen MR) is 155 cm³/mol. The highest BCUT2D eigenvalue weighted by Crippen LogP contribution is 2.26. The van der Waals surface area contributed by atoms with Gasteiger partial charge in [0.25, 0.3) is 5.91 Å². The van der Waals surface area contributed by atoms with Crippen LogP contribution in [-0.2, 0) is 14.3 Å². The lowest BCUT2D eigenvalue weighted by Crippen LogP contribution is -2.52. The van der Waals surface area contributed by atoms with Gasteiger partial charge in [0.1, 0.15) is 17.7 Å². The van der Waals surface area contributed by atoms with Gasteiger partial charge in [-0.15, -0.1) is 0 Å². The molecule has 0 spiro atoms. The maximum absolute atomic E-state index is 13.9. The average molecular weight is 536 g/mol. The summed E-state index contributed by atoms with van der Waals surface area (Å²) in [6.07, 6.45) is 1.69. The smallest absolute Gasteiger partial charge is 0.408 e. The zero-order valence-electron chi connectivity index (χ0n) is 22.7. The van der Waals surface area contributed by atoms with E-state index < -0.39 is 23.8 Å². The average Bonchev–Trinajstić information content (AvgIpc) is 2.88. The second kappa shape index (κ2) is 13.3. The van der Waals surface area contributed by atoms with Gasteiger partial charge in [-0.1, -0.05) is 60.7 Å². The number of carbonyl (C=O) groups excluding carboxylic acids is 3. The summed E-state index contributed by atoms with van der Waals surface area (Å²) >= 11 is 1.58. The lowest BCUT2D eigenvalue weighted by molar-refractivity contribution is -0.140. The van der Waals surface area contributed by atoms with E-state index in [1.807, 2.05) is 86.0 Å². The van der Waals surface area contributed by atoms with Crippen LogP contribution in [0.25, 0.3) is 10.8 Å². The monoisotopic (exact) mass is 535 g/mol. The third kappa shape index (κ3) is 7.99. The molecule has 0 fully saturated rings. The van der Waals surface area contributed by atoms with Crippen LogP contribution in [0.4, 0.5) is 10.5 Å². The number of nitrogens with zero attached hydrogens (tertiary/aromatic N) is 1. The zero-order valence-corrected chi connectivity index (χ0v) is 23.5. The molecule has 0 saturated carbocycles. The standard InChI is InChI=1S/C30H37N3O4S/c1-6-33(28(35)25(18-19-38-5)32-29(36)37-30(2,3)4)26(22-13-8-7-9-14-22)27(34)31-24-17-16-21-12-10-11-15-23(21)20-24/h7-17,20,25-26H,6,18-19H2,1-5H3,(H,31,34)(H,32,36). The summed E-state index contributed by atoms with van der Waals surface area (Å²) in [4.78, 5) is 41.8. The first kappa shape index (κ1) is 29.0. The largest absolute Gasteiger partial charge is 0.444 e. The van der Waals surface area contributed by atoms with Gasteiger partial charge in [0.2, 0.25) is 5.91 Å². The fourth-order valence-electron chi connectivity index (χ4n) is 4.19. The van der Waals surface area contributed by atoms with Crippen molar-refractivity contribution in [3.8, 4) is 0 Å².